The van der Waals surface area contributed by atoms with Crippen molar-refractivity contribution in [3.8, 4) is 12.3 Å². The summed E-state index contributed by atoms with van der Waals surface area (Å²) in [6.07, 6.45) is 7.49. The number of unbranched alkanes of at least 4 members (excludes halogenated alkanes) is 2. The predicted octanol–water partition coefficient (Wildman–Crippen LogP) is 2.35. The number of hydrogen-bond donors (Lipinski definition) is 1. The van der Waals surface area contributed by atoms with E-state index in [9.17, 15) is 4.79 Å². The quantitative estimate of drug-likeness (QED) is 0.494. The molecule has 0 saturated heterocycles. The van der Waals surface area contributed by atoms with Crippen molar-refractivity contribution < 1.29 is 19.0 Å². The molecule has 0 rings (SSSR count). The fourth-order valence-electron chi connectivity index (χ4n) is 1.29. The normalized spacial score (nSPS) is 10.9. The maximum atomic E-state index is 11.3. The topological polar surface area (TPSA) is 56.8 Å². The Morgan fingerprint density at radius 1 is 1.10 bits per heavy atom. The zero-order valence-corrected chi connectivity index (χ0v) is 12.9. The highest BCUT2D eigenvalue weighted by Crippen LogP contribution is 2.05. The molecule has 5 heteroatoms. The molecule has 0 aromatic rings. The molecule has 0 aromatic carbocycles. The first-order valence-electron chi connectivity index (χ1n) is 7.01. The van der Waals surface area contributed by atoms with Gasteiger partial charge in [-0.1, -0.05) is 0 Å². The highest BCUT2D eigenvalue weighted by atomic mass is 16.6. The van der Waals surface area contributed by atoms with Gasteiger partial charge in [-0.2, -0.15) is 0 Å². The number of rotatable bonds is 10. The molecule has 1 amide bonds. The third kappa shape index (κ3) is 14.8. The van der Waals surface area contributed by atoms with E-state index in [0.29, 0.717) is 33.0 Å². The summed E-state index contributed by atoms with van der Waals surface area (Å²) in [7, 11) is 0. The lowest BCUT2D eigenvalue weighted by molar-refractivity contribution is 0.0392. The summed E-state index contributed by atoms with van der Waals surface area (Å²) < 4.78 is 15.8. The molecule has 0 bridgehead atoms. The minimum atomic E-state index is -0.474. The molecule has 0 aliphatic heterocycles. The molecule has 0 fully saturated rings. The zero-order chi connectivity index (χ0) is 15.3. The van der Waals surface area contributed by atoms with Crippen LogP contribution < -0.4 is 5.32 Å². The fourth-order valence-corrected chi connectivity index (χ4v) is 1.29. The lowest BCUT2D eigenvalue weighted by Gasteiger charge is -2.19. The van der Waals surface area contributed by atoms with Crippen molar-refractivity contribution in [2.75, 3.05) is 33.0 Å². The van der Waals surface area contributed by atoms with Crippen molar-refractivity contribution in [1.82, 2.24) is 5.32 Å². The van der Waals surface area contributed by atoms with Crippen LogP contribution in [0.3, 0.4) is 0 Å². The second-order valence-electron chi connectivity index (χ2n) is 5.31. The van der Waals surface area contributed by atoms with Gasteiger partial charge in [0.1, 0.15) is 5.60 Å². The molecule has 116 valence electrons. The molecule has 0 atom stereocenters. The largest absolute Gasteiger partial charge is 0.444 e. The van der Waals surface area contributed by atoms with Crippen LogP contribution in [0.4, 0.5) is 4.79 Å². The van der Waals surface area contributed by atoms with E-state index in [-0.39, 0.29) is 0 Å². The summed E-state index contributed by atoms with van der Waals surface area (Å²) in [6, 6.07) is 0. The number of terminal acetylenes is 1. The molecule has 0 unspecified atom stereocenters. The van der Waals surface area contributed by atoms with E-state index in [1.54, 1.807) is 0 Å². The van der Waals surface area contributed by atoms with Crippen molar-refractivity contribution in [2.45, 2.75) is 45.6 Å². The zero-order valence-electron chi connectivity index (χ0n) is 12.9. The summed E-state index contributed by atoms with van der Waals surface area (Å²) >= 11 is 0. The Bertz CT molecular complexity index is 291. The van der Waals surface area contributed by atoms with Crippen molar-refractivity contribution in [3.63, 3.8) is 0 Å². The third-order valence-corrected chi connectivity index (χ3v) is 2.15. The third-order valence-electron chi connectivity index (χ3n) is 2.15. The molecular formula is C15H27NO4. The number of nitrogens with one attached hydrogen (secondary N) is 1. The second-order valence-corrected chi connectivity index (χ2v) is 5.31. The summed E-state index contributed by atoms with van der Waals surface area (Å²) in [5.74, 6) is 2.59. The number of alkyl carbamates (subject to hydrolysis) is 1. The van der Waals surface area contributed by atoms with E-state index in [0.717, 1.165) is 19.3 Å². The van der Waals surface area contributed by atoms with E-state index in [1.807, 2.05) is 20.8 Å². The first-order chi connectivity index (χ1) is 9.45. The molecule has 0 aromatic heterocycles. The highest BCUT2D eigenvalue weighted by Gasteiger charge is 2.15. The van der Waals surface area contributed by atoms with Gasteiger partial charge in [-0.3, -0.25) is 0 Å². The molecular weight excluding hydrogens is 258 g/mol. The lowest BCUT2D eigenvalue weighted by Crippen LogP contribution is -2.34. The van der Waals surface area contributed by atoms with Gasteiger partial charge in [0, 0.05) is 19.6 Å². The van der Waals surface area contributed by atoms with Crippen molar-refractivity contribution >= 4 is 6.09 Å². The van der Waals surface area contributed by atoms with Crippen molar-refractivity contribution in [1.29, 1.82) is 0 Å². The number of hydrogen-bond acceptors (Lipinski definition) is 4. The van der Waals surface area contributed by atoms with Gasteiger partial charge < -0.3 is 19.5 Å². The number of ether oxygens (including phenoxy) is 3. The van der Waals surface area contributed by atoms with Crippen molar-refractivity contribution in [3.05, 3.63) is 0 Å². The van der Waals surface area contributed by atoms with E-state index >= 15 is 0 Å². The summed E-state index contributed by atoms with van der Waals surface area (Å²) in [5, 5.41) is 2.62. The second kappa shape index (κ2) is 11.6. The summed E-state index contributed by atoms with van der Waals surface area (Å²) in [4.78, 5) is 11.3. The standard InChI is InChI=1S/C15H27NO4/c1-5-6-7-8-10-18-12-13-19-11-9-16-14(17)20-15(2,3)4/h1H,6-13H2,2-4H3,(H,16,17). The minimum Gasteiger partial charge on any atom is -0.444 e. The molecule has 0 heterocycles. The maximum Gasteiger partial charge on any atom is 0.407 e. The summed E-state index contributed by atoms with van der Waals surface area (Å²) in [6.45, 7) is 8.13. The van der Waals surface area contributed by atoms with Crippen LogP contribution in [0.15, 0.2) is 0 Å². The van der Waals surface area contributed by atoms with E-state index in [1.165, 1.54) is 0 Å². The number of carbonyl (C=O) groups excluding carboxylic acids is 1. The monoisotopic (exact) mass is 285 g/mol. The van der Waals surface area contributed by atoms with Gasteiger partial charge in [-0.25, -0.2) is 4.79 Å². The smallest absolute Gasteiger partial charge is 0.407 e. The van der Waals surface area contributed by atoms with E-state index < -0.39 is 11.7 Å². The Balaban J connectivity index is 3.21. The Kier molecular flexibility index (Phi) is 10.8. The molecule has 1 N–H and O–H groups in total. The molecule has 0 spiro atoms. The van der Waals surface area contributed by atoms with Gasteiger partial charge >= 0.3 is 6.09 Å². The average Bonchev–Trinajstić information content (AvgIpc) is 2.34. The Labute approximate surface area is 122 Å². The van der Waals surface area contributed by atoms with Crippen LogP contribution in [0.2, 0.25) is 0 Å². The molecule has 0 aliphatic rings. The lowest BCUT2D eigenvalue weighted by atomic mass is 10.2. The SMILES string of the molecule is C#CCCCCOCCOCCNC(=O)OC(C)(C)C. The van der Waals surface area contributed by atoms with Crippen LogP contribution >= 0.6 is 0 Å². The van der Waals surface area contributed by atoms with Crippen LogP contribution in [-0.2, 0) is 14.2 Å². The first-order valence-corrected chi connectivity index (χ1v) is 7.01. The van der Waals surface area contributed by atoms with Crippen LogP contribution in [-0.4, -0.2) is 44.7 Å². The first kappa shape index (κ1) is 18.8. The molecule has 5 nitrogen and oxygen atoms in total. The molecule has 0 saturated carbocycles. The Morgan fingerprint density at radius 2 is 1.75 bits per heavy atom. The number of amides is 1. The minimum absolute atomic E-state index is 0.425. The van der Waals surface area contributed by atoms with Crippen LogP contribution in [0.1, 0.15) is 40.0 Å². The molecule has 0 aliphatic carbocycles. The van der Waals surface area contributed by atoms with Gasteiger partial charge in [-0.05, 0) is 33.6 Å². The average molecular weight is 285 g/mol. The van der Waals surface area contributed by atoms with E-state index in [4.69, 9.17) is 20.6 Å². The fraction of sp³-hybridized carbons (Fsp3) is 0.800. The maximum absolute atomic E-state index is 11.3. The van der Waals surface area contributed by atoms with Crippen LogP contribution in [0.25, 0.3) is 0 Å². The van der Waals surface area contributed by atoms with Gasteiger partial charge in [-0.15, -0.1) is 12.3 Å². The molecule has 0 radical (unpaired) electrons. The van der Waals surface area contributed by atoms with Gasteiger partial charge in [0.15, 0.2) is 0 Å². The number of carbonyl (C=O) groups is 1. The van der Waals surface area contributed by atoms with Gasteiger partial charge in [0.25, 0.3) is 0 Å². The van der Waals surface area contributed by atoms with Gasteiger partial charge in [0.05, 0.1) is 19.8 Å². The van der Waals surface area contributed by atoms with Crippen LogP contribution in [0, 0.1) is 12.3 Å². The van der Waals surface area contributed by atoms with E-state index in [2.05, 4.69) is 11.2 Å². The predicted molar refractivity (Wildman–Crippen MR) is 78.6 cm³/mol. The summed E-state index contributed by atoms with van der Waals surface area (Å²) in [5.41, 5.74) is -0.474. The Hall–Kier alpha value is -1.25. The highest BCUT2D eigenvalue weighted by molar-refractivity contribution is 5.67. The van der Waals surface area contributed by atoms with Crippen molar-refractivity contribution in [2.24, 2.45) is 0 Å². The molecule has 20 heavy (non-hydrogen) atoms. The van der Waals surface area contributed by atoms with Gasteiger partial charge in [0.2, 0.25) is 0 Å². The van der Waals surface area contributed by atoms with Crippen LogP contribution in [0.5, 0.6) is 0 Å². The Morgan fingerprint density at radius 3 is 2.35 bits per heavy atom.